The van der Waals surface area contributed by atoms with Crippen LogP contribution >= 0.6 is 11.6 Å². The summed E-state index contributed by atoms with van der Waals surface area (Å²) < 4.78 is 62.6. The third-order valence-corrected chi connectivity index (χ3v) is 5.00. The first-order valence-corrected chi connectivity index (χ1v) is 9.65. The maximum Gasteiger partial charge on any atom is 0.434 e. The molecule has 0 fully saturated rings. The minimum Gasteiger partial charge on any atom is -0.355 e. The second-order valence-corrected chi connectivity index (χ2v) is 7.04. The fourth-order valence-electron chi connectivity index (χ4n) is 3.27. The number of ketones is 1. The highest BCUT2D eigenvalue weighted by atomic mass is 35.5. The zero-order valence-corrected chi connectivity index (χ0v) is 17.1. The number of carbonyl (C=O) groups is 1. The van der Waals surface area contributed by atoms with Gasteiger partial charge < -0.3 is 4.52 Å². The number of rotatable bonds is 5. The molecule has 0 aliphatic heterocycles. The van der Waals surface area contributed by atoms with Crippen molar-refractivity contribution in [1.29, 1.82) is 0 Å². The second-order valence-electron chi connectivity index (χ2n) is 6.63. The first-order valence-electron chi connectivity index (χ1n) is 9.27. The molecule has 0 aliphatic rings. The monoisotopic (exact) mass is 464 g/mol. The third-order valence-electron chi connectivity index (χ3n) is 4.68. The first-order chi connectivity index (χ1) is 15.2. The van der Waals surface area contributed by atoms with Gasteiger partial charge in [-0.3, -0.25) is 9.78 Å². The minimum atomic E-state index is -4.87. The third kappa shape index (κ3) is 3.66. The number of nitrogens with zero attached hydrogens (tertiary/aromatic N) is 4. The van der Waals surface area contributed by atoms with E-state index in [0.29, 0.717) is 4.68 Å². The van der Waals surface area contributed by atoms with Crippen LogP contribution in [0.15, 0.2) is 53.4 Å². The minimum absolute atomic E-state index is 0.0708. The van der Waals surface area contributed by atoms with Crippen molar-refractivity contribution in [1.82, 2.24) is 19.9 Å². The molecule has 4 rings (SSSR count). The molecule has 1 aromatic carbocycles. The van der Waals surface area contributed by atoms with E-state index < -0.39 is 34.8 Å². The molecule has 0 aliphatic carbocycles. The van der Waals surface area contributed by atoms with Crippen LogP contribution < -0.4 is 0 Å². The molecule has 32 heavy (non-hydrogen) atoms. The van der Waals surface area contributed by atoms with Gasteiger partial charge in [0.15, 0.2) is 17.2 Å². The second kappa shape index (κ2) is 8.19. The lowest BCUT2D eigenvalue weighted by molar-refractivity contribution is -0.142. The Hall–Kier alpha value is -3.53. The Balaban J connectivity index is 2.01. The van der Waals surface area contributed by atoms with Crippen LogP contribution in [0.3, 0.4) is 0 Å². The highest BCUT2D eigenvalue weighted by Gasteiger charge is 2.41. The lowest BCUT2D eigenvalue weighted by atomic mass is 9.97. The summed E-state index contributed by atoms with van der Waals surface area (Å²) in [4.78, 5) is 16.5. The number of aromatic nitrogens is 4. The first kappa shape index (κ1) is 21.7. The van der Waals surface area contributed by atoms with Crippen LogP contribution in [-0.2, 0) is 6.18 Å². The van der Waals surface area contributed by atoms with E-state index in [2.05, 4.69) is 15.2 Å². The van der Waals surface area contributed by atoms with E-state index in [4.69, 9.17) is 16.1 Å². The van der Waals surface area contributed by atoms with Crippen LogP contribution in [-0.4, -0.2) is 25.7 Å². The van der Waals surface area contributed by atoms with Gasteiger partial charge in [0, 0.05) is 18.8 Å². The maximum absolute atomic E-state index is 14.5. The maximum atomic E-state index is 14.5. The lowest BCUT2D eigenvalue weighted by Gasteiger charge is -2.12. The number of halogens is 5. The molecular weight excluding hydrogens is 452 g/mol. The largest absolute Gasteiger partial charge is 0.434 e. The van der Waals surface area contributed by atoms with Crippen molar-refractivity contribution < 1.29 is 26.9 Å². The summed E-state index contributed by atoms with van der Waals surface area (Å²) in [5, 5.41) is 7.50. The fourth-order valence-corrected chi connectivity index (χ4v) is 3.53. The predicted molar refractivity (Wildman–Crippen MR) is 107 cm³/mol. The average Bonchev–Trinajstić information content (AvgIpc) is 3.38. The molecule has 0 saturated carbocycles. The normalized spacial score (nSPS) is 11.7. The molecule has 0 amide bonds. The molecule has 0 N–H and O–H groups in total. The number of hydrogen-bond donors (Lipinski definition) is 0. The molecule has 6 nitrogen and oxygen atoms in total. The highest BCUT2D eigenvalue weighted by Crippen LogP contribution is 2.43. The van der Waals surface area contributed by atoms with Crippen molar-refractivity contribution in [2.45, 2.75) is 19.5 Å². The zero-order chi connectivity index (χ0) is 23.0. The van der Waals surface area contributed by atoms with Crippen LogP contribution in [0.4, 0.5) is 17.6 Å². The van der Waals surface area contributed by atoms with Crippen molar-refractivity contribution >= 4 is 17.4 Å². The molecule has 11 heteroatoms. The standard InChI is InChI=1S/C21H13ClF4N4O2/c1-2-15(31)17-18(16-13(22)4-3-5-14(16)23)29-32-19(17)12-10-28-30(20(12)21(24,25)26)11-6-8-27-9-7-11/h3-10H,2H2,1H3. The van der Waals surface area contributed by atoms with E-state index >= 15 is 0 Å². The molecule has 3 heterocycles. The molecule has 3 aromatic heterocycles. The molecule has 0 bridgehead atoms. The van der Waals surface area contributed by atoms with Crippen LogP contribution in [0.5, 0.6) is 0 Å². The number of pyridine rings is 1. The lowest BCUT2D eigenvalue weighted by Crippen LogP contribution is -2.15. The van der Waals surface area contributed by atoms with Crippen LogP contribution in [0.1, 0.15) is 29.4 Å². The molecule has 0 atom stereocenters. The van der Waals surface area contributed by atoms with Gasteiger partial charge in [-0.1, -0.05) is 29.7 Å². The van der Waals surface area contributed by atoms with E-state index in [1.165, 1.54) is 43.6 Å². The Morgan fingerprint density at radius 3 is 2.53 bits per heavy atom. The highest BCUT2D eigenvalue weighted by molar-refractivity contribution is 6.33. The van der Waals surface area contributed by atoms with Gasteiger partial charge in [-0.05, 0) is 24.3 Å². The molecular formula is C21H13ClF4N4O2. The van der Waals surface area contributed by atoms with E-state index in [0.717, 1.165) is 12.3 Å². The van der Waals surface area contributed by atoms with E-state index in [1.807, 2.05) is 0 Å². The predicted octanol–water partition coefficient (Wildman–Crippen LogP) is 5.99. The van der Waals surface area contributed by atoms with Gasteiger partial charge in [0.1, 0.15) is 11.5 Å². The Kier molecular flexibility index (Phi) is 5.55. The van der Waals surface area contributed by atoms with E-state index in [9.17, 15) is 22.4 Å². The number of Topliss-reactive ketones (excluding diaryl/α,β-unsaturated/α-hetero) is 1. The van der Waals surface area contributed by atoms with Crippen molar-refractivity contribution in [3.05, 3.63) is 71.0 Å². The summed E-state index contributed by atoms with van der Waals surface area (Å²) >= 11 is 6.09. The quantitative estimate of drug-likeness (QED) is 0.268. The Morgan fingerprint density at radius 1 is 1.19 bits per heavy atom. The van der Waals surface area contributed by atoms with Gasteiger partial charge >= 0.3 is 6.18 Å². The summed E-state index contributed by atoms with van der Waals surface area (Å²) in [6, 6.07) is 6.50. The summed E-state index contributed by atoms with van der Waals surface area (Å²) in [6.45, 7) is 1.51. The number of alkyl halides is 3. The summed E-state index contributed by atoms with van der Waals surface area (Å²) in [7, 11) is 0. The number of carbonyl (C=O) groups excluding carboxylic acids is 1. The Labute approximate surface area is 183 Å². The average molecular weight is 465 g/mol. The number of hydrogen-bond acceptors (Lipinski definition) is 5. The smallest absolute Gasteiger partial charge is 0.355 e. The molecule has 0 radical (unpaired) electrons. The van der Waals surface area contributed by atoms with Crippen molar-refractivity contribution in [2.24, 2.45) is 0 Å². The molecule has 4 aromatic rings. The molecule has 0 saturated heterocycles. The van der Waals surface area contributed by atoms with Gasteiger partial charge in [0.2, 0.25) is 0 Å². The SMILES string of the molecule is CCC(=O)c1c(-c2c(F)cccc2Cl)noc1-c1cnn(-c2ccncc2)c1C(F)(F)F. The van der Waals surface area contributed by atoms with Crippen LogP contribution in [0, 0.1) is 5.82 Å². The van der Waals surface area contributed by atoms with Gasteiger partial charge in [-0.2, -0.15) is 18.3 Å². The zero-order valence-electron chi connectivity index (χ0n) is 16.3. The van der Waals surface area contributed by atoms with Crippen molar-refractivity contribution in [2.75, 3.05) is 0 Å². The van der Waals surface area contributed by atoms with E-state index in [1.54, 1.807) is 0 Å². The van der Waals surface area contributed by atoms with Gasteiger partial charge in [0.25, 0.3) is 0 Å². The fraction of sp³-hybridized carbons (Fsp3) is 0.143. The number of benzene rings is 1. The summed E-state index contributed by atoms with van der Waals surface area (Å²) in [5.41, 5.74) is -2.43. The molecule has 164 valence electrons. The Bertz CT molecular complexity index is 1280. The summed E-state index contributed by atoms with van der Waals surface area (Å²) in [5.74, 6) is -1.87. The van der Waals surface area contributed by atoms with Gasteiger partial charge in [-0.15, -0.1) is 0 Å². The van der Waals surface area contributed by atoms with Crippen molar-refractivity contribution in [3.8, 4) is 28.3 Å². The Morgan fingerprint density at radius 2 is 1.91 bits per heavy atom. The molecule has 0 unspecified atom stereocenters. The molecule has 0 spiro atoms. The topological polar surface area (TPSA) is 73.8 Å². The van der Waals surface area contributed by atoms with Crippen molar-refractivity contribution in [3.63, 3.8) is 0 Å². The van der Waals surface area contributed by atoms with Crippen LogP contribution in [0.25, 0.3) is 28.3 Å². The van der Waals surface area contributed by atoms with E-state index in [-0.39, 0.29) is 34.0 Å². The van der Waals surface area contributed by atoms with Gasteiger partial charge in [0.05, 0.1) is 33.6 Å². The van der Waals surface area contributed by atoms with Gasteiger partial charge in [-0.25, -0.2) is 9.07 Å². The van der Waals surface area contributed by atoms with Crippen LogP contribution in [0.2, 0.25) is 5.02 Å². The summed E-state index contributed by atoms with van der Waals surface area (Å²) in [6.07, 6.45) is -1.41.